The van der Waals surface area contributed by atoms with Gasteiger partial charge in [-0.05, 0) is 30.5 Å². The van der Waals surface area contributed by atoms with Crippen LogP contribution in [-0.2, 0) is 11.2 Å². The van der Waals surface area contributed by atoms with Gasteiger partial charge in [0.15, 0.2) is 0 Å². The van der Waals surface area contributed by atoms with Crippen molar-refractivity contribution in [3.63, 3.8) is 0 Å². The SMILES string of the molecule is Cc1ccc(C(Cc2ccncc2Cl)C(=O)O)cc1. The fourth-order valence-electron chi connectivity index (χ4n) is 1.94. The number of carboxylic acids is 1. The molecule has 0 saturated heterocycles. The molecule has 1 aromatic carbocycles. The maximum absolute atomic E-state index is 11.4. The van der Waals surface area contributed by atoms with E-state index in [1.165, 1.54) is 6.20 Å². The van der Waals surface area contributed by atoms with E-state index in [1.54, 1.807) is 12.3 Å². The number of carbonyl (C=O) groups is 1. The molecule has 0 radical (unpaired) electrons. The summed E-state index contributed by atoms with van der Waals surface area (Å²) in [5.74, 6) is -1.45. The first-order valence-electron chi connectivity index (χ1n) is 5.95. The topological polar surface area (TPSA) is 50.2 Å². The third kappa shape index (κ3) is 3.32. The molecule has 0 aliphatic rings. The average Bonchev–Trinajstić information content (AvgIpc) is 2.39. The number of halogens is 1. The molecule has 98 valence electrons. The molecule has 0 aliphatic heterocycles. The van der Waals surface area contributed by atoms with E-state index in [2.05, 4.69) is 4.98 Å². The zero-order valence-electron chi connectivity index (χ0n) is 10.5. The molecule has 0 bridgehead atoms. The molecule has 4 heteroatoms. The molecule has 0 amide bonds. The predicted molar refractivity (Wildman–Crippen MR) is 74.5 cm³/mol. The van der Waals surface area contributed by atoms with E-state index in [-0.39, 0.29) is 0 Å². The Hall–Kier alpha value is -1.87. The first-order valence-corrected chi connectivity index (χ1v) is 6.33. The van der Waals surface area contributed by atoms with Gasteiger partial charge in [0.2, 0.25) is 0 Å². The summed E-state index contributed by atoms with van der Waals surface area (Å²) >= 11 is 6.03. The zero-order valence-corrected chi connectivity index (χ0v) is 11.3. The lowest BCUT2D eigenvalue weighted by Crippen LogP contribution is -2.14. The van der Waals surface area contributed by atoms with Crippen molar-refractivity contribution < 1.29 is 9.90 Å². The molecule has 1 unspecified atom stereocenters. The van der Waals surface area contributed by atoms with Gasteiger partial charge in [-0.25, -0.2) is 0 Å². The van der Waals surface area contributed by atoms with Gasteiger partial charge in [0.05, 0.1) is 10.9 Å². The number of aromatic nitrogens is 1. The highest BCUT2D eigenvalue weighted by Gasteiger charge is 2.21. The Kier molecular flexibility index (Phi) is 4.17. The van der Waals surface area contributed by atoms with Crippen LogP contribution in [0, 0.1) is 6.92 Å². The van der Waals surface area contributed by atoms with Gasteiger partial charge in [-0.2, -0.15) is 0 Å². The van der Waals surface area contributed by atoms with Crippen molar-refractivity contribution in [2.24, 2.45) is 0 Å². The number of aryl methyl sites for hydroxylation is 1. The highest BCUT2D eigenvalue weighted by atomic mass is 35.5. The van der Waals surface area contributed by atoms with Crippen LogP contribution in [0.2, 0.25) is 5.02 Å². The second-order valence-electron chi connectivity index (χ2n) is 4.47. The summed E-state index contributed by atoms with van der Waals surface area (Å²) in [5.41, 5.74) is 2.69. The summed E-state index contributed by atoms with van der Waals surface area (Å²) in [6, 6.07) is 9.29. The summed E-state index contributed by atoms with van der Waals surface area (Å²) < 4.78 is 0. The fraction of sp³-hybridized carbons (Fsp3) is 0.200. The van der Waals surface area contributed by atoms with E-state index in [1.807, 2.05) is 31.2 Å². The van der Waals surface area contributed by atoms with Crippen molar-refractivity contribution in [2.75, 3.05) is 0 Å². The quantitative estimate of drug-likeness (QED) is 0.930. The van der Waals surface area contributed by atoms with E-state index in [9.17, 15) is 9.90 Å². The lowest BCUT2D eigenvalue weighted by atomic mass is 9.92. The number of benzene rings is 1. The van der Waals surface area contributed by atoms with Crippen molar-refractivity contribution >= 4 is 17.6 Å². The van der Waals surface area contributed by atoms with Crippen LogP contribution in [-0.4, -0.2) is 16.1 Å². The largest absolute Gasteiger partial charge is 0.481 e. The van der Waals surface area contributed by atoms with E-state index in [4.69, 9.17) is 11.6 Å². The normalized spacial score (nSPS) is 12.1. The molecule has 0 saturated carbocycles. The number of carboxylic acid groups (broad SMARTS) is 1. The fourth-order valence-corrected chi connectivity index (χ4v) is 2.13. The molecule has 1 heterocycles. The highest BCUT2D eigenvalue weighted by molar-refractivity contribution is 6.31. The summed E-state index contributed by atoms with van der Waals surface area (Å²) in [7, 11) is 0. The molecule has 19 heavy (non-hydrogen) atoms. The monoisotopic (exact) mass is 275 g/mol. The van der Waals surface area contributed by atoms with Crippen LogP contribution in [0.5, 0.6) is 0 Å². The van der Waals surface area contributed by atoms with E-state index in [0.29, 0.717) is 11.4 Å². The lowest BCUT2D eigenvalue weighted by molar-refractivity contribution is -0.138. The van der Waals surface area contributed by atoms with Crippen LogP contribution in [0.4, 0.5) is 0 Å². The molecule has 2 rings (SSSR count). The Bertz CT molecular complexity index is 581. The molecular weight excluding hydrogens is 262 g/mol. The van der Waals surface area contributed by atoms with Crippen molar-refractivity contribution in [3.8, 4) is 0 Å². The van der Waals surface area contributed by atoms with Crippen LogP contribution >= 0.6 is 11.6 Å². The number of aliphatic carboxylic acids is 1. The third-order valence-electron chi connectivity index (χ3n) is 3.06. The van der Waals surface area contributed by atoms with Crippen LogP contribution in [0.3, 0.4) is 0 Å². The summed E-state index contributed by atoms with van der Waals surface area (Å²) in [6.45, 7) is 1.97. The van der Waals surface area contributed by atoms with E-state index < -0.39 is 11.9 Å². The number of hydrogen-bond donors (Lipinski definition) is 1. The zero-order chi connectivity index (χ0) is 13.8. The number of rotatable bonds is 4. The summed E-state index contributed by atoms with van der Waals surface area (Å²) in [5, 5.41) is 9.89. The van der Waals surface area contributed by atoms with Crippen LogP contribution < -0.4 is 0 Å². The Labute approximate surface area is 116 Å². The molecule has 0 aliphatic carbocycles. The molecule has 1 aromatic heterocycles. The van der Waals surface area contributed by atoms with Gasteiger partial charge in [0.25, 0.3) is 0 Å². The van der Waals surface area contributed by atoms with Crippen molar-refractivity contribution in [1.29, 1.82) is 0 Å². The van der Waals surface area contributed by atoms with Gasteiger partial charge >= 0.3 is 5.97 Å². The molecule has 2 aromatic rings. The second-order valence-corrected chi connectivity index (χ2v) is 4.88. The lowest BCUT2D eigenvalue weighted by Gasteiger charge is -2.14. The maximum atomic E-state index is 11.4. The Balaban J connectivity index is 2.29. The number of nitrogens with zero attached hydrogens (tertiary/aromatic N) is 1. The molecule has 0 fully saturated rings. The molecule has 1 atom stereocenters. The first-order chi connectivity index (χ1) is 9.08. The van der Waals surface area contributed by atoms with Crippen molar-refractivity contribution in [2.45, 2.75) is 19.3 Å². The highest BCUT2D eigenvalue weighted by Crippen LogP contribution is 2.25. The molecule has 0 spiro atoms. The number of pyridine rings is 1. The van der Waals surface area contributed by atoms with Gasteiger partial charge in [-0.1, -0.05) is 41.4 Å². The molecule has 3 nitrogen and oxygen atoms in total. The Morgan fingerprint density at radius 2 is 2.00 bits per heavy atom. The predicted octanol–water partition coefficient (Wildman–Crippen LogP) is 3.45. The average molecular weight is 276 g/mol. The minimum atomic E-state index is -0.850. The van der Waals surface area contributed by atoms with Crippen molar-refractivity contribution in [3.05, 3.63) is 64.4 Å². The van der Waals surface area contributed by atoms with Crippen LogP contribution in [0.1, 0.15) is 22.6 Å². The standard InChI is InChI=1S/C15H14ClNO2/c1-10-2-4-11(5-3-10)13(15(18)19)8-12-6-7-17-9-14(12)16/h2-7,9,13H,8H2,1H3,(H,18,19). The van der Waals surface area contributed by atoms with Crippen LogP contribution in [0.15, 0.2) is 42.7 Å². The van der Waals surface area contributed by atoms with Gasteiger partial charge < -0.3 is 5.11 Å². The van der Waals surface area contributed by atoms with Gasteiger partial charge in [-0.3, -0.25) is 9.78 Å². The second kappa shape index (κ2) is 5.85. The summed E-state index contributed by atoms with van der Waals surface area (Å²) in [4.78, 5) is 15.3. The first kappa shape index (κ1) is 13.6. The van der Waals surface area contributed by atoms with E-state index in [0.717, 1.165) is 16.7 Å². The van der Waals surface area contributed by atoms with Crippen molar-refractivity contribution in [1.82, 2.24) is 4.98 Å². The van der Waals surface area contributed by atoms with Gasteiger partial charge in [0, 0.05) is 12.4 Å². The molecule has 1 N–H and O–H groups in total. The minimum Gasteiger partial charge on any atom is -0.481 e. The van der Waals surface area contributed by atoms with Gasteiger partial charge in [0.1, 0.15) is 0 Å². The Morgan fingerprint density at radius 3 is 2.58 bits per heavy atom. The third-order valence-corrected chi connectivity index (χ3v) is 3.40. The maximum Gasteiger partial charge on any atom is 0.311 e. The van der Waals surface area contributed by atoms with Gasteiger partial charge in [-0.15, -0.1) is 0 Å². The smallest absolute Gasteiger partial charge is 0.311 e. The number of hydrogen-bond acceptors (Lipinski definition) is 2. The summed E-state index contributed by atoms with van der Waals surface area (Å²) in [6.07, 6.45) is 3.51. The Morgan fingerprint density at radius 1 is 1.32 bits per heavy atom. The minimum absolute atomic E-state index is 0.361. The molecular formula is C15H14ClNO2. The van der Waals surface area contributed by atoms with Crippen LogP contribution in [0.25, 0.3) is 0 Å². The van der Waals surface area contributed by atoms with E-state index >= 15 is 0 Å².